The summed E-state index contributed by atoms with van der Waals surface area (Å²) in [6, 6.07) is 0. The Morgan fingerprint density at radius 2 is 2.12 bits per heavy atom. The Bertz CT molecular complexity index is 103. The van der Waals surface area contributed by atoms with E-state index in [2.05, 4.69) is 28.6 Å². The van der Waals surface area contributed by atoms with E-state index in [1.54, 1.807) is 5.41 Å². The van der Waals surface area contributed by atoms with Crippen LogP contribution >= 0.6 is 28.6 Å². The minimum atomic E-state index is -0.290. The Hall–Kier alpha value is 0.530. The lowest BCUT2D eigenvalue weighted by Crippen LogP contribution is -2.31. The van der Waals surface area contributed by atoms with Gasteiger partial charge < -0.3 is 5.73 Å². The molecule has 3 heteroatoms. The zero-order chi connectivity index (χ0) is 6.78. The van der Waals surface area contributed by atoms with Crippen LogP contribution in [0.1, 0.15) is 13.8 Å². The van der Waals surface area contributed by atoms with Gasteiger partial charge >= 0.3 is 0 Å². The molecule has 2 N–H and O–H groups in total. The van der Waals surface area contributed by atoms with Crippen molar-refractivity contribution >= 4 is 28.6 Å². The van der Waals surface area contributed by atoms with Crippen LogP contribution in [0.3, 0.4) is 0 Å². The first kappa shape index (κ1) is 8.53. The van der Waals surface area contributed by atoms with Crippen LogP contribution in [0.4, 0.5) is 0 Å². The molecule has 0 fully saturated rings. The molecule has 0 aliphatic carbocycles. The van der Waals surface area contributed by atoms with E-state index >= 15 is 0 Å². The fourth-order valence-corrected chi connectivity index (χ4v) is 0.499. The van der Waals surface area contributed by atoms with Gasteiger partial charge in [-0.25, -0.2) is 0 Å². The Balaban J connectivity index is 4.03. The second-order valence-electron chi connectivity index (χ2n) is 2.20. The van der Waals surface area contributed by atoms with Crippen molar-refractivity contribution in [1.82, 2.24) is 0 Å². The normalized spacial score (nSPS) is 14.4. The number of hydrogen-bond donors (Lipinski definition) is 2. The topological polar surface area (TPSA) is 26.0 Å². The molecule has 0 spiro atoms. The number of thiol groups is 1. The fourth-order valence-electron chi connectivity index (χ4n) is 0.166. The molecule has 8 heavy (non-hydrogen) atoms. The van der Waals surface area contributed by atoms with Gasteiger partial charge in [-0.15, -0.1) is 0 Å². The Morgan fingerprint density at radius 3 is 2.12 bits per heavy atom. The molecule has 0 saturated carbocycles. The summed E-state index contributed by atoms with van der Waals surface area (Å²) >= 11 is 7.18. The molecule has 0 amide bonds. The molecule has 0 rings (SSSR count). The molecule has 0 bridgehead atoms. The zero-order valence-electron chi connectivity index (χ0n) is 4.98. The van der Waals surface area contributed by atoms with Crippen LogP contribution in [0.25, 0.3) is 0 Å². The molecule has 1 nitrogen and oxygen atoms in total. The highest BCUT2D eigenvalue weighted by Gasteiger charge is 2.12. The predicted octanol–water partition coefficient (Wildman–Crippen LogP) is 1.89. The second kappa shape index (κ2) is 2.90. The average Bonchev–Trinajstić information content (AvgIpc) is 1.62. The van der Waals surface area contributed by atoms with Gasteiger partial charge in [0, 0.05) is 10.0 Å². The van der Waals surface area contributed by atoms with Gasteiger partial charge in [0.25, 0.3) is 0 Å². The molecular weight excluding hydrogens is 186 g/mol. The summed E-state index contributed by atoms with van der Waals surface area (Å²) in [6.07, 6.45) is 0. The smallest absolute Gasteiger partial charge is 0.0423 e. The SMILES string of the molecule is CC(C)(N)/C(Br)=C\S. The Kier molecular flexibility index (Phi) is 3.09. The minimum absolute atomic E-state index is 0.290. The van der Waals surface area contributed by atoms with Gasteiger partial charge in [-0.3, -0.25) is 0 Å². The summed E-state index contributed by atoms with van der Waals surface area (Å²) in [7, 11) is 0. The maximum Gasteiger partial charge on any atom is 0.0423 e. The van der Waals surface area contributed by atoms with Crippen LogP contribution in [0.2, 0.25) is 0 Å². The lowest BCUT2D eigenvalue weighted by atomic mass is 10.1. The van der Waals surface area contributed by atoms with E-state index in [4.69, 9.17) is 5.73 Å². The molecule has 0 aliphatic rings. The van der Waals surface area contributed by atoms with Crippen LogP contribution in [-0.4, -0.2) is 5.54 Å². The molecule has 0 aromatic rings. The number of hydrogen-bond acceptors (Lipinski definition) is 2. The summed E-state index contributed by atoms with van der Waals surface area (Å²) in [6.45, 7) is 3.81. The van der Waals surface area contributed by atoms with Crippen LogP contribution < -0.4 is 5.73 Å². The van der Waals surface area contributed by atoms with E-state index in [1.807, 2.05) is 13.8 Å². The van der Waals surface area contributed by atoms with E-state index in [-0.39, 0.29) is 5.54 Å². The third kappa shape index (κ3) is 2.74. The number of nitrogens with two attached hydrogens (primary N) is 1. The van der Waals surface area contributed by atoms with E-state index in [0.717, 1.165) is 4.48 Å². The molecule has 0 aromatic carbocycles. The lowest BCUT2D eigenvalue weighted by Gasteiger charge is -2.16. The highest BCUT2D eigenvalue weighted by Crippen LogP contribution is 2.19. The molecular formula is C5H10BrNS. The Labute approximate surface area is 63.9 Å². The first-order valence-corrected chi connectivity index (χ1v) is 3.58. The zero-order valence-corrected chi connectivity index (χ0v) is 7.46. The quantitative estimate of drug-likeness (QED) is 0.615. The number of rotatable bonds is 1. The molecule has 0 unspecified atom stereocenters. The van der Waals surface area contributed by atoms with Crippen LogP contribution in [-0.2, 0) is 0 Å². The van der Waals surface area contributed by atoms with Crippen LogP contribution in [0.5, 0.6) is 0 Å². The van der Waals surface area contributed by atoms with Crippen molar-refractivity contribution in [2.45, 2.75) is 19.4 Å². The van der Waals surface area contributed by atoms with Gasteiger partial charge in [0.1, 0.15) is 0 Å². The van der Waals surface area contributed by atoms with Gasteiger partial charge in [0.15, 0.2) is 0 Å². The van der Waals surface area contributed by atoms with Gasteiger partial charge in [0.05, 0.1) is 0 Å². The first-order chi connectivity index (χ1) is 3.48. The monoisotopic (exact) mass is 195 g/mol. The van der Waals surface area contributed by atoms with E-state index in [0.29, 0.717) is 0 Å². The summed E-state index contributed by atoms with van der Waals surface area (Å²) in [5.74, 6) is 0. The molecule has 0 aromatic heterocycles. The van der Waals surface area contributed by atoms with Gasteiger partial charge in [0.2, 0.25) is 0 Å². The van der Waals surface area contributed by atoms with Crippen molar-refractivity contribution in [1.29, 1.82) is 0 Å². The lowest BCUT2D eigenvalue weighted by molar-refractivity contribution is 0.647. The van der Waals surface area contributed by atoms with Crippen molar-refractivity contribution in [3.8, 4) is 0 Å². The van der Waals surface area contributed by atoms with Crippen molar-refractivity contribution in [2.24, 2.45) is 5.73 Å². The van der Waals surface area contributed by atoms with Crippen molar-refractivity contribution in [3.63, 3.8) is 0 Å². The summed E-state index contributed by atoms with van der Waals surface area (Å²) in [5, 5.41) is 1.65. The fraction of sp³-hybridized carbons (Fsp3) is 0.600. The average molecular weight is 196 g/mol. The van der Waals surface area contributed by atoms with E-state index < -0.39 is 0 Å². The van der Waals surface area contributed by atoms with E-state index in [1.165, 1.54) is 0 Å². The van der Waals surface area contributed by atoms with Crippen LogP contribution in [0, 0.1) is 0 Å². The van der Waals surface area contributed by atoms with Gasteiger partial charge in [-0.1, -0.05) is 15.9 Å². The predicted molar refractivity (Wildman–Crippen MR) is 44.3 cm³/mol. The molecule has 0 heterocycles. The standard InChI is InChI=1S/C5H10BrNS/c1-5(2,7)4(6)3-8/h3,8H,7H2,1-2H3/b4-3+. The minimum Gasteiger partial charge on any atom is -0.321 e. The third-order valence-electron chi connectivity index (χ3n) is 0.729. The molecule has 0 aliphatic heterocycles. The molecule has 0 saturated heterocycles. The summed E-state index contributed by atoms with van der Waals surface area (Å²) < 4.78 is 0.910. The van der Waals surface area contributed by atoms with E-state index in [9.17, 15) is 0 Å². The highest BCUT2D eigenvalue weighted by molar-refractivity contribution is 9.11. The maximum atomic E-state index is 5.63. The Morgan fingerprint density at radius 1 is 1.75 bits per heavy atom. The molecule has 0 atom stereocenters. The maximum absolute atomic E-state index is 5.63. The first-order valence-electron chi connectivity index (χ1n) is 2.27. The highest BCUT2D eigenvalue weighted by atomic mass is 79.9. The van der Waals surface area contributed by atoms with Crippen molar-refractivity contribution in [2.75, 3.05) is 0 Å². The number of halogens is 1. The molecule has 0 radical (unpaired) electrons. The second-order valence-corrected chi connectivity index (χ2v) is 3.31. The molecule has 48 valence electrons. The largest absolute Gasteiger partial charge is 0.321 e. The van der Waals surface area contributed by atoms with Gasteiger partial charge in [-0.2, -0.15) is 12.6 Å². The van der Waals surface area contributed by atoms with Gasteiger partial charge in [-0.05, 0) is 19.3 Å². The van der Waals surface area contributed by atoms with Crippen molar-refractivity contribution < 1.29 is 0 Å². The third-order valence-corrected chi connectivity index (χ3v) is 2.59. The van der Waals surface area contributed by atoms with Crippen molar-refractivity contribution in [3.05, 3.63) is 9.89 Å². The summed E-state index contributed by atoms with van der Waals surface area (Å²) in [5.41, 5.74) is 5.34. The van der Waals surface area contributed by atoms with Crippen LogP contribution in [0.15, 0.2) is 9.89 Å². The summed E-state index contributed by atoms with van der Waals surface area (Å²) in [4.78, 5) is 0.